The van der Waals surface area contributed by atoms with Crippen LogP contribution in [0.3, 0.4) is 0 Å². The van der Waals surface area contributed by atoms with Gasteiger partial charge in [0.15, 0.2) is 6.61 Å². The van der Waals surface area contributed by atoms with Crippen LogP contribution < -0.4 is 4.74 Å². The molecule has 0 atom stereocenters. The van der Waals surface area contributed by atoms with Crippen LogP contribution in [0.5, 0.6) is 5.75 Å². The number of nitriles is 1. The molecular weight excluding hydrogens is 284 g/mol. The maximum absolute atomic E-state index is 12.0. The zero-order chi connectivity index (χ0) is 15.1. The van der Waals surface area contributed by atoms with E-state index in [0.717, 1.165) is 6.42 Å². The van der Waals surface area contributed by atoms with Gasteiger partial charge in [0.1, 0.15) is 11.8 Å². The van der Waals surface area contributed by atoms with Crippen LogP contribution in [-0.4, -0.2) is 31.0 Å². The Morgan fingerprint density at radius 2 is 2.14 bits per heavy atom. The molecule has 5 heteroatoms. The summed E-state index contributed by atoms with van der Waals surface area (Å²) in [5.41, 5.74) is 0.437. The molecule has 0 unspecified atom stereocenters. The van der Waals surface area contributed by atoms with Crippen LogP contribution in [0.25, 0.3) is 0 Å². The van der Waals surface area contributed by atoms with Crippen molar-refractivity contribution in [3.8, 4) is 11.8 Å². The van der Waals surface area contributed by atoms with Crippen LogP contribution in [0, 0.1) is 11.3 Å². The molecule has 0 N–H and O–H groups in total. The Labute approximate surface area is 128 Å². The van der Waals surface area contributed by atoms with Gasteiger partial charge in [0, 0.05) is 18.5 Å². The molecule has 0 radical (unpaired) electrons. The normalized spacial score (nSPS) is 9.90. The predicted molar refractivity (Wildman–Crippen MR) is 82.3 cm³/mol. The Balaban J connectivity index is 1.82. The minimum Gasteiger partial charge on any atom is -0.482 e. The topological polar surface area (TPSA) is 53.3 Å². The number of ether oxygens (including phenoxy) is 1. The quantitative estimate of drug-likeness (QED) is 0.824. The number of likely N-dealkylation sites (N-methyl/N-ethyl adjacent to an activating group) is 1. The highest BCUT2D eigenvalue weighted by molar-refractivity contribution is 7.09. The monoisotopic (exact) mass is 300 g/mol. The standard InChI is InChI=1S/C16H16N2O2S/c1-18(9-8-14-6-4-10-21-14)16(19)12-20-15-7-3-2-5-13(15)11-17/h2-7,10H,8-9,12H2,1H3. The van der Waals surface area contributed by atoms with E-state index < -0.39 is 0 Å². The lowest BCUT2D eigenvalue weighted by molar-refractivity contribution is -0.132. The molecule has 2 rings (SSSR count). The number of carbonyl (C=O) groups is 1. The van der Waals surface area contributed by atoms with Crippen LogP contribution in [0.15, 0.2) is 41.8 Å². The fourth-order valence-corrected chi connectivity index (χ4v) is 2.49. The summed E-state index contributed by atoms with van der Waals surface area (Å²) in [4.78, 5) is 14.9. The molecule has 1 amide bonds. The lowest BCUT2D eigenvalue weighted by Gasteiger charge is -2.17. The summed E-state index contributed by atoms with van der Waals surface area (Å²) in [5.74, 6) is 0.347. The third kappa shape index (κ3) is 4.33. The average molecular weight is 300 g/mol. The smallest absolute Gasteiger partial charge is 0.260 e. The van der Waals surface area contributed by atoms with E-state index in [4.69, 9.17) is 10.00 Å². The fraction of sp³-hybridized carbons (Fsp3) is 0.250. The van der Waals surface area contributed by atoms with Crippen LogP contribution >= 0.6 is 11.3 Å². The molecule has 0 saturated heterocycles. The maximum atomic E-state index is 12.0. The highest BCUT2D eigenvalue weighted by Crippen LogP contribution is 2.16. The summed E-state index contributed by atoms with van der Waals surface area (Å²) < 4.78 is 5.44. The zero-order valence-corrected chi connectivity index (χ0v) is 12.6. The molecule has 0 saturated carbocycles. The van der Waals surface area contributed by atoms with Crippen LogP contribution in [0.4, 0.5) is 0 Å². The van der Waals surface area contributed by atoms with E-state index in [0.29, 0.717) is 17.9 Å². The highest BCUT2D eigenvalue weighted by Gasteiger charge is 2.11. The summed E-state index contributed by atoms with van der Waals surface area (Å²) in [7, 11) is 1.76. The molecule has 1 heterocycles. The number of thiophene rings is 1. The van der Waals surface area contributed by atoms with E-state index in [1.165, 1.54) is 4.88 Å². The van der Waals surface area contributed by atoms with Crippen LogP contribution in [0.1, 0.15) is 10.4 Å². The molecule has 1 aromatic carbocycles. The van der Waals surface area contributed by atoms with E-state index in [2.05, 4.69) is 6.07 Å². The van der Waals surface area contributed by atoms with E-state index in [9.17, 15) is 4.79 Å². The van der Waals surface area contributed by atoms with E-state index in [1.54, 1.807) is 47.5 Å². The van der Waals surface area contributed by atoms with Gasteiger partial charge in [0.05, 0.1) is 5.56 Å². The second-order valence-corrected chi connectivity index (χ2v) is 5.57. The first-order valence-corrected chi connectivity index (χ1v) is 7.47. The molecule has 1 aromatic heterocycles. The number of hydrogen-bond acceptors (Lipinski definition) is 4. The Kier molecular flexibility index (Phi) is 5.35. The number of amides is 1. The summed E-state index contributed by atoms with van der Waals surface area (Å²) >= 11 is 1.69. The molecular formula is C16H16N2O2S. The largest absolute Gasteiger partial charge is 0.482 e. The van der Waals surface area contributed by atoms with Gasteiger partial charge in [-0.15, -0.1) is 11.3 Å². The lowest BCUT2D eigenvalue weighted by atomic mass is 10.2. The number of rotatable bonds is 6. The minimum absolute atomic E-state index is 0.0559. The number of benzene rings is 1. The highest BCUT2D eigenvalue weighted by atomic mass is 32.1. The van der Waals surface area contributed by atoms with Crippen molar-refractivity contribution in [2.75, 3.05) is 20.2 Å². The van der Waals surface area contributed by atoms with Gasteiger partial charge in [-0.3, -0.25) is 4.79 Å². The van der Waals surface area contributed by atoms with Crippen molar-refractivity contribution in [1.29, 1.82) is 5.26 Å². The summed E-state index contributed by atoms with van der Waals surface area (Å²) in [6.45, 7) is 0.599. The molecule has 0 aliphatic rings. The number of carbonyl (C=O) groups excluding carboxylic acids is 1. The van der Waals surface area contributed by atoms with Gasteiger partial charge in [0.2, 0.25) is 0 Å². The lowest BCUT2D eigenvalue weighted by Crippen LogP contribution is -2.33. The van der Waals surface area contributed by atoms with Gasteiger partial charge in [0.25, 0.3) is 5.91 Å². The Morgan fingerprint density at radius 3 is 2.86 bits per heavy atom. The van der Waals surface area contributed by atoms with Crippen molar-refractivity contribution in [1.82, 2.24) is 4.90 Å². The molecule has 0 bridgehead atoms. The van der Waals surface area contributed by atoms with E-state index >= 15 is 0 Å². The van der Waals surface area contributed by atoms with Crippen molar-refractivity contribution in [3.63, 3.8) is 0 Å². The predicted octanol–water partition coefficient (Wildman–Crippen LogP) is 2.70. The van der Waals surface area contributed by atoms with Crippen LogP contribution in [-0.2, 0) is 11.2 Å². The second-order valence-electron chi connectivity index (χ2n) is 4.54. The third-order valence-corrected chi connectivity index (χ3v) is 3.99. The van der Waals surface area contributed by atoms with Gasteiger partial charge in [-0.25, -0.2) is 0 Å². The molecule has 108 valence electrons. The van der Waals surface area contributed by atoms with Gasteiger partial charge >= 0.3 is 0 Å². The molecule has 0 aliphatic carbocycles. The summed E-state index contributed by atoms with van der Waals surface area (Å²) in [5, 5.41) is 11.0. The Bertz CT molecular complexity index is 632. The van der Waals surface area contributed by atoms with Gasteiger partial charge < -0.3 is 9.64 Å². The second kappa shape index (κ2) is 7.46. The first kappa shape index (κ1) is 15.1. The maximum Gasteiger partial charge on any atom is 0.260 e. The zero-order valence-electron chi connectivity index (χ0n) is 11.8. The number of para-hydroxylation sites is 1. The summed E-state index contributed by atoms with van der Waals surface area (Å²) in [6, 6.07) is 13.0. The Hall–Kier alpha value is -2.32. The summed E-state index contributed by atoms with van der Waals surface area (Å²) in [6.07, 6.45) is 0.842. The molecule has 0 fully saturated rings. The fourth-order valence-electron chi connectivity index (χ4n) is 1.79. The van der Waals surface area contributed by atoms with E-state index in [1.807, 2.05) is 17.5 Å². The minimum atomic E-state index is -0.0979. The first-order chi connectivity index (χ1) is 10.2. The average Bonchev–Trinajstić information content (AvgIpc) is 3.03. The van der Waals surface area contributed by atoms with Gasteiger partial charge in [-0.05, 0) is 30.0 Å². The van der Waals surface area contributed by atoms with Crippen molar-refractivity contribution < 1.29 is 9.53 Å². The molecule has 0 aliphatic heterocycles. The Morgan fingerprint density at radius 1 is 1.33 bits per heavy atom. The van der Waals surface area contributed by atoms with Crippen molar-refractivity contribution in [3.05, 3.63) is 52.2 Å². The molecule has 2 aromatic rings. The van der Waals surface area contributed by atoms with Gasteiger partial charge in [-0.1, -0.05) is 18.2 Å². The first-order valence-electron chi connectivity index (χ1n) is 6.59. The third-order valence-electron chi connectivity index (χ3n) is 3.06. The SMILES string of the molecule is CN(CCc1cccs1)C(=O)COc1ccccc1C#N. The number of nitrogens with zero attached hydrogens (tertiary/aromatic N) is 2. The molecule has 4 nitrogen and oxygen atoms in total. The van der Waals surface area contributed by atoms with Crippen molar-refractivity contribution in [2.24, 2.45) is 0 Å². The van der Waals surface area contributed by atoms with Crippen LogP contribution in [0.2, 0.25) is 0 Å². The van der Waals surface area contributed by atoms with E-state index in [-0.39, 0.29) is 12.5 Å². The molecule has 21 heavy (non-hydrogen) atoms. The van der Waals surface area contributed by atoms with Crippen molar-refractivity contribution in [2.45, 2.75) is 6.42 Å². The van der Waals surface area contributed by atoms with Gasteiger partial charge in [-0.2, -0.15) is 5.26 Å². The number of hydrogen-bond donors (Lipinski definition) is 0. The molecule has 0 spiro atoms. The van der Waals surface area contributed by atoms with Crippen molar-refractivity contribution >= 4 is 17.2 Å².